The molecule has 1 atom stereocenters. The Morgan fingerprint density at radius 2 is 2.00 bits per heavy atom. The van der Waals surface area contributed by atoms with Crippen LogP contribution in [0.3, 0.4) is 0 Å². The fraction of sp³-hybridized carbons (Fsp3) is 0.636. The van der Waals surface area contributed by atoms with Gasteiger partial charge in [-0.15, -0.1) is 0 Å². The van der Waals surface area contributed by atoms with Crippen molar-refractivity contribution in [1.82, 2.24) is 15.3 Å². The molecule has 3 nitrogen and oxygen atoms in total. The van der Waals surface area contributed by atoms with Crippen LogP contribution in [0.4, 0.5) is 0 Å². The lowest BCUT2D eigenvalue weighted by Crippen LogP contribution is -2.24. The van der Waals surface area contributed by atoms with Crippen molar-refractivity contribution in [2.75, 3.05) is 5.75 Å². The maximum absolute atomic E-state index is 4.28. The lowest BCUT2D eigenvalue weighted by molar-refractivity contribution is 0.532. The average molecular weight is 225 g/mol. The van der Waals surface area contributed by atoms with Crippen LogP contribution in [0.1, 0.15) is 32.8 Å². The van der Waals surface area contributed by atoms with Gasteiger partial charge in [0.2, 0.25) is 0 Å². The Kier molecular flexibility index (Phi) is 5.65. The highest BCUT2D eigenvalue weighted by atomic mass is 32.2. The van der Waals surface area contributed by atoms with E-state index < -0.39 is 0 Å². The number of nitrogens with one attached hydrogen (secondary N) is 1. The Morgan fingerprint density at radius 3 is 2.53 bits per heavy atom. The standard InChI is InChI=1S/C11H19N3S/c1-4-9(3)12-6-10-7-13-11(14-8-10)15-5-2/h7-9,12H,4-6H2,1-3H3/t9-/m1/s1. The van der Waals surface area contributed by atoms with Crippen LogP contribution < -0.4 is 5.32 Å². The third-order valence-corrected chi connectivity index (χ3v) is 2.98. The zero-order chi connectivity index (χ0) is 11.1. The predicted octanol–water partition coefficient (Wildman–Crippen LogP) is 2.48. The molecule has 0 saturated carbocycles. The van der Waals surface area contributed by atoms with Crippen molar-refractivity contribution in [1.29, 1.82) is 0 Å². The normalized spacial score (nSPS) is 12.7. The molecule has 0 fully saturated rings. The van der Waals surface area contributed by atoms with Crippen LogP contribution in [0.25, 0.3) is 0 Å². The Balaban J connectivity index is 2.42. The van der Waals surface area contributed by atoms with Gasteiger partial charge in [-0.25, -0.2) is 9.97 Å². The number of aromatic nitrogens is 2. The fourth-order valence-electron chi connectivity index (χ4n) is 1.07. The lowest BCUT2D eigenvalue weighted by atomic mass is 10.2. The van der Waals surface area contributed by atoms with Crippen molar-refractivity contribution >= 4 is 11.8 Å². The summed E-state index contributed by atoms with van der Waals surface area (Å²) in [6.45, 7) is 7.32. The van der Waals surface area contributed by atoms with Crippen LogP contribution in [0.5, 0.6) is 0 Å². The van der Waals surface area contributed by atoms with Crippen LogP contribution >= 0.6 is 11.8 Å². The van der Waals surface area contributed by atoms with Gasteiger partial charge in [0.05, 0.1) is 0 Å². The minimum atomic E-state index is 0.551. The molecule has 1 rings (SSSR count). The second-order valence-electron chi connectivity index (χ2n) is 3.50. The van der Waals surface area contributed by atoms with Gasteiger partial charge >= 0.3 is 0 Å². The molecule has 0 aromatic carbocycles. The third kappa shape index (κ3) is 4.62. The zero-order valence-corrected chi connectivity index (χ0v) is 10.5. The van der Waals surface area contributed by atoms with E-state index in [4.69, 9.17) is 0 Å². The first-order chi connectivity index (χ1) is 7.26. The summed E-state index contributed by atoms with van der Waals surface area (Å²) >= 11 is 1.67. The van der Waals surface area contributed by atoms with E-state index in [1.54, 1.807) is 11.8 Å². The van der Waals surface area contributed by atoms with E-state index in [0.29, 0.717) is 6.04 Å². The first-order valence-corrected chi connectivity index (χ1v) is 6.41. The SMILES string of the molecule is CCSc1ncc(CN[C@H](C)CC)cn1. The number of hydrogen-bond acceptors (Lipinski definition) is 4. The summed E-state index contributed by atoms with van der Waals surface area (Å²) < 4.78 is 0. The summed E-state index contributed by atoms with van der Waals surface area (Å²) in [5.74, 6) is 1.02. The highest BCUT2D eigenvalue weighted by Gasteiger charge is 2.00. The molecule has 0 unspecified atom stereocenters. The van der Waals surface area contributed by atoms with E-state index in [1.807, 2.05) is 12.4 Å². The number of nitrogens with zero attached hydrogens (tertiary/aromatic N) is 2. The molecular weight excluding hydrogens is 206 g/mol. The van der Waals surface area contributed by atoms with Crippen molar-refractivity contribution in [3.63, 3.8) is 0 Å². The van der Waals surface area contributed by atoms with Gasteiger partial charge < -0.3 is 5.32 Å². The molecule has 15 heavy (non-hydrogen) atoms. The van der Waals surface area contributed by atoms with Gasteiger partial charge in [0.15, 0.2) is 5.16 Å². The Labute approximate surface area is 96.1 Å². The number of thioether (sulfide) groups is 1. The van der Waals surface area contributed by atoms with Gasteiger partial charge in [-0.2, -0.15) is 0 Å². The van der Waals surface area contributed by atoms with Crippen molar-refractivity contribution in [2.45, 2.75) is 44.9 Å². The minimum absolute atomic E-state index is 0.551. The molecule has 1 aromatic rings. The van der Waals surface area contributed by atoms with E-state index in [0.717, 1.165) is 29.4 Å². The highest BCUT2D eigenvalue weighted by molar-refractivity contribution is 7.99. The molecule has 0 amide bonds. The van der Waals surface area contributed by atoms with E-state index in [-0.39, 0.29) is 0 Å². The fourth-order valence-corrected chi connectivity index (χ4v) is 1.59. The van der Waals surface area contributed by atoms with Gasteiger partial charge in [0.25, 0.3) is 0 Å². The van der Waals surface area contributed by atoms with Crippen LogP contribution in [0.15, 0.2) is 17.6 Å². The average Bonchev–Trinajstić information content (AvgIpc) is 2.28. The molecule has 0 spiro atoms. The molecule has 0 bridgehead atoms. The quantitative estimate of drug-likeness (QED) is 0.596. The molecule has 4 heteroatoms. The molecule has 84 valence electrons. The van der Waals surface area contributed by atoms with Crippen LogP contribution in [-0.4, -0.2) is 21.8 Å². The van der Waals surface area contributed by atoms with Crippen molar-refractivity contribution in [2.24, 2.45) is 0 Å². The second kappa shape index (κ2) is 6.80. The maximum Gasteiger partial charge on any atom is 0.187 e. The number of hydrogen-bond donors (Lipinski definition) is 1. The van der Waals surface area contributed by atoms with Crippen LogP contribution in [-0.2, 0) is 6.54 Å². The van der Waals surface area contributed by atoms with Gasteiger partial charge in [0, 0.05) is 30.5 Å². The van der Waals surface area contributed by atoms with Gasteiger partial charge in [-0.1, -0.05) is 25.6 Å². The summed E-state index contributed by atoms with van der Waals surface area (Å²) in [5, 5.41) is 4.28. The van der Waals surface area contributed by atoms with Crippen LogP contribution in [0.2, 0.25) is 0 Å². The largest absolute Gasteiger partial charge is 0.310 e. The summed E-state index contributed by atoms with van der Waals surface area (Å²) in [6.07, 6.45) is 4.95. The molecule has 0 aliphatic carbocycles. The molecule has 1 N–H and O–H groups in total. The molecule has 1 heterocycles. The molecule has 0 saturated heterocycles. The molecule has 1 aromatic heterocycles. The smallest absolute Gasteiger partial charge is 0.187 e. The van der Waals surface area contributed by atoms with Gasteiger partial charge in [0.1, 0.15) is 0 Å². The highest BCUT2D eigenvalue weighted by Crippen LogP contribution is 2.10. The van der Waals surface area contributed by atoms with E-state index in [2.05, 4.69) is 36.1 Å². The van der Waals surface area contributed by atoms with E-state index in [9.17, 15) is 0 Å². The molecular formula is C11H19N3S. The lowest BCUT2D eigenvalue weighted by Gasteiger charge is -2.10. The Bertz CT molecular complexity index is 274. The second-order valence-corrected chi connectivity index (χ2v) is 4.73. The monoisotopic (exact) mass is 225 g/mol. The maximum atomic E-state index is 4.28. The molecule has 0 aliphatic heterocycles. The van der Waals surface area contributed by atoms with Gasteiger partial charge in [-0.05, 0) is 19.1 Å². The Hall–Kier alpha value is -0.610. The minimum Gasteiger partial charge on any atom is -0.310 e. The molecule has 0 radical (unpaired) electrons. The van der Waals surface area contributed by atoms with Crippen molar-refractivity contribution in [3.05, 3.63) is 18.0 Å². The summed E-state index contributed by atoms with van der Waals surface area (Å²) in [5.41, 5.74) is 1.15. The topological polar surface area (TPSA) is 37.8 Å². The zero-order valence-electron chi connectivity index (χ0n) is 9.66. The summed E-state index contributed by atoms with van der Waals surface area (Å²) in [4.78, 5) is 8.57. The first kappa shape index (κ1) is 12.5. The number of rotatable bonds is 6. The van der Waals surface area contributed by atoms with Crippen molar-refractivity contribution < 1.29 is 0 Å². The van der Waals surface area contributed by atoms with Crippen molar-refractivity contribution in [3.8, 4) is 0 Å². The predicted molar refractivity (Wildman–Crippen MR) is 65.0 cm³/mol. The van der Waals surface area contributed by atoms with E-state index in [1.165, 1.54) is 0 Å². The summed E-state index contributed by atoms with van der Waals surface area (Å²) in [6, 6.07) is 0.551. The van der Waals surface area contributed by atoms with Gasteiger partial charge in [-0.3, -0.25) is 0 Å². The van der Waals surface area contributed by atoms with E-state index >= 15 is 0 Å². The third-order valence-electron chi connectivity index (χ3n) is 2.22. The molecule has 0 aliphatic rings. The van der Waals surface area contributed by atoms with Crippen LogP contribution in [0, 0.1) is 0 Å². The summed E-state index contributed by atoms with van der Waals surface area (Å²) in [7, 11) is 0. The Morgan fingerprint density at radius 1 is 1.33 bits per heavy atom. The first-order valence-electron chi connectivity index (χ1n) is 5.43.